The average Bonchev–Trinajstić information content (AvgIpc) is 2.74. The first-order valence-corrected chi connectivity index (χ1v) is 9.27. The molecular weight excluding hydrogens is 348 g/mol. The Kier molecular flexibility index (Phi) is 4.89. The van der Waals surface area contributed by atoms with Crippen molar-refractivity contribution in [3.63, 3.8) is 0 Å². The number of hydrogen-bond acceptors (Lipinski definition) is 5. The number of carbonyl (C=O) groups excluding carboxylic acids is 2. The van der Waals surface area contributed by atoms with Crippen LogP contribution in [0.4, 0.5) is 0 Å². The molecule has 2 amide bonds. The van der Waals surface area contributed by atoms with E-state index >= 15 is 0 Å². The number of ether oxygens (including phenoxy) is 1. The van der Waals surface area contributed by atoms with Gasteiger partial charge in [0, 0.05) is 38.6 Å². The Morgan fingerprint density at radius 2 is 1.93 bits per heavy atom. The predicted octanol–water partition coefficient (Wildman–Crippen LogP) is 0.405. The molecule has 0 unspecified atom stereocenters. The maximum Gasteiger partial charge on any atom is 0.270 e. The molecule has 8 heteroatoms. The van der Waals surface area contributed by atoms with Gasteiger partial charge in [0.05, 0.1) is 19.1 Å². The number of rotatable bonds is 2. The normalized spacial score (nSPS) is 20.7. The van der Waals surface area contributed by atoms with Crippen molar-refractivity contribution in [2.45, 2.75) is 12.8 Å². The van der Waals surface area contributed by atoms with Crippen molar-refractivity contribution < 1.29 is 14.3 Å². The lowest BCUT2D eigenvalue weighted by Crippen LogP contribution is -2.50. The van der Waals surface area contributed by atoms with Gasteiger partial charge in [-0.3, -0.25) is 18.8 Å². The molecule has 27 heavy (non-hydrogen) atoms. The van der Waals surface area contributed by atoms with Crippen LogP contribution in [0.3, 0.4) is 0 Å². The van der Waals surface area contributed by atoms with Gasteiger partial charge in [0.2, 0.25) is 5.91 Å². The van der Waals surface area contributed by atoms with Crippen LogP contribution in [0, 0.1) is 5.92 Å². The van der Waals surface area contributed by atoms with E-state index in [1.165, 1.54) is 10.6 Å². The summed E-state index contributed by atoms with van der Waals surface area (Å²) in [5.41, 5.74) is 0.156. The number of piperidine rings is 1. The monoisotopic (exact) mass is 370 g/mol. The van der Waals surface area contributed by atoms with Crippen LogP contribution in [0.2, 0.25) is 0 Å². The maximum absolute atomic E-state index is 12.9. The van der Waals surface area contributed by atoms with Crippen molar-refractivity contribution in [3.8, 4) is 0 Å². The van der Waals surface area contributed by atoms with Gasteiger partial charge in [-0.25, -0.2) is 4.98 Å². The lowest BCUT2D eigenvalue weighted by Gasteiger charge is -2.36. The quantitative estimate of drug-likeness (QED) is 0.764. The van der Waals surface area contributed by atoms with Gasteiger partial charge in [-0.2, -0.15) is 0 Å². The molecule has 0 aliphatic carbocycles. The van der Waals surface area contributed by atoms with Gasteiger partial charge in [-0.1, -0.05) is 6.07 Å². The molecule has 0 bridgehead atoms. The van der Waals surface area contributed by atoms with Crippen LogP contribution in [-0.2, 0) is 9.53 Å². The Morgan fingerprint density at radius 3 is 2.74 bits per heavy atom. The Balaban J connectivity index is 1.53. The zero-order valence-corrected chi connectivity index (χ0v) is 15.0. The molecule has 2 aromatic rings. The molecule has 4 heterocycles. The van der Waals surface area contributed by atoms with Gasteiger partial charge in [0.25, 0.3) is 11.5 Å². The van der Waals surface area contributed by atoms with E-state index in [1.807, 2.05) is 4.90 Å². The summed E-state index contributed by atoms with van der Waals surface area (Å²) in [5.74, 6) is -0.508. The molecule has 0 saturated carbocycles. The molecule has 2 aliphatic rings. The number of amides is 2. The number of pyridine rings is 1. The van der Waals surface area contributed by atoms with E-state index in [9.17, 15) is 14.4 Å². The molecule has 2 fully saturated rings. The standard InChI is InChI=1S/C19H22N4O4/c24-17(21-8-10-27-11-9-21)14-4-3-6-22(13-14)18(25)15-12-20-16-5-1-2-7-23(16)19(15)26/h1-2,5,7,12,14H,3-4,6,8-11,13H2/t14-/m1/s1. The molecule has 8 nitrogen and oxygen atoms in total. The van der Waals surface area contributed by atoms with Crippen molar-refractivity contribution in [1.82, 2.24) is 19.2 Å². The van der Waals surface area contributed by atoms with E-state index in [2.05, 4.69) is 4.98 Å². The fraction of sp³-hybridized carbons (Fsp3) is 0.474. The number of carbonyl (C=O) groups is 2. The fourth-order valence-electron chi connectivity index (χ4n) is 3.75. The first kappa shape index (κ1) is 17.7. The second-order valence-electron chi connectivity index (χ2n) is 6.93. The summed E-state index contributed by atoms with van der Waals surface area (Å²) >= 11 is 0. The van der Waals surface area contributed by atoms with Crippen LogP contribution in [0.5, 0.6) is 0 Å². The number of aromatic nitrogens is 2. The zero-order chi connectivity index (χ0) is 18.8. The molecular formula is C19H22N4O4. The highest BCUT2D eigenvalue weighted by molar-refractivity contribution is 5.94. The van der Waals surface area contributed by atoms with Crippen LogP contribution in [-0.4, -0.2) is 70.4 Å². The predicted molar refractivity (Wildman–Crippen MR) is 97.5 cm³/mol. The summed E-state index contributed by atoms with van der Waals surface area (Å²) in [5, 5.41) is 0. The molecule has 0 N–H and O–H groups in total. The van der Waals surface area contributed by atoms with Crippen LogP contribution >= 0.6 is 0 Å². The molecule has 142 valence electrons. The van der Waals surface area contributed by atoms with Gasteiger partial charge in [0.1, 0.15) is 11.2 Å². The SMILES string of the molecule is O=C(c1cnc2ccccn2c1=O)N1CCC[C@@H](C(=O)N2CCOCC2)C1. The minimum atomic E-state index is -0.382. The van der Waals surface area contributed by atoms with Gasteiger partial charge >= 0.3 is 0 Å². The Bertz CT molecular complexity index is 919. The van der Waals surface area contributed by atoms with Crippen molar-refractivity contribution in [3.05, 3.63) is 46.5 Å². The van der Waals surface area contributed by atoms with E-state index in [0.717, 1.165) is 12.8 Å². The van der Waals surface area contributed by atoms with Gasteiger partial charge in [0.15, 0.2) is 0 Å². The third-order valence-corrected chi connectivity index (χ3v) is 5.22. The Morgan fingerprint density at radius 1 is 1.11 bits per heavy atom. The molecule has 2 aromatic heterocycles. The highest BCUT2D eigenvalue weighted by Gasteiger charge is 2.33. The highest BCUT2D eigenvalue weighted by Crippen LogP contribution is 2.20. The molecule has 2 saturated heterocycles. The van der Waals surface area contributed by atoms with E-state index in [4.69, 9.17) is 4.74 Å². The van der Waals surface area contributed by atoms with Crippen LogP contribution in [0.25, 0.3) is 5.65 Å². The van der Waals surface area contributed by atoms with E-state index in [-0.39, 0.29) is 28.9 Å². The zero-order valence-electron chi connectivity index (χ0n) is 15.0. The number of likely N-dealkylation sites (tertiary alicyclic amines) is 1. The minimum Gasteiger partial charge on any atom is -0.378 e. The van der Waals surface area contributed by atoms with Crippen molar-refractivity contribution >= 4 is 17.5 Å². The average molecular weight is 370 g/mol. The molecule has 1 atom stereocenters. The molecule has 4 rings (SSSR count). The maximum atomic E-state index is 12.9. The second-order valence-corrected chi connectivity index (χ2v) is 6.93. The van der Waals surface area contributed by atoms with E-state index < -0.39 is 0 Å². The van der Waals surface area contributed by atoms with Crippen molar-refractivity contribution in [2.75, 3.05) is 39.4 Å². The lowest BCUT2D eigenvalue weighted by atomic mass is 9.96. The molecule has 0 spiro atoms. The Labute approximate surface area is 156 Å². The third-order valence-electron chi connectivity index (χ3n) is 5.22. The van der Waals surface area contributed by atoms with Gasteiger partial charge in [-0.15, -0.1) is 0 Å². The number of morpholine rings is 1. The largest absolute Gasteiger partial charge is 0.378 e. The molecule has 0 radical (unpaired) electrons. The lowest BCUT2D eigenvalue weighted by molar-refractivity contribution is -0.141. The van der Waals surface area contributed by atoms with Crippen LogP contribution in [0.1, 0.15) is 23.2 Å². The number of fused-ring (bicyclic) bond motifs is 1. The van der Waals surface area contributed by atoms with Gasteiger partial charge in [-0.05, 0) is 25.0 Å². The summed E-state index contributed by atoms with van der Waals surface area (Å²) < 4.78 is 6.67. The smallest absolute Gasteiger partial charge is 0.270 e. The topological polar surface area (TPSA) is 84.2 Å². The highest BCUT2D eigenvalue weighted by atomic mass is 16.5. The number of hydrogen-bond donors (Lipinski definition) is 0. The molecule has 2 aliphatic heterocycles. The Hall–Kier alpha value is -2.74. The van der Waals surface area contributed by atoms with Crippen LogP contribution < -0.4 is 5.56 Å². The third kappa shape index (κ3) is 3.44. The fourth-order valence-corrected chi connectivity index (χ4v) is 3.75. The first-order chi connectivity index (χ1) is 13.1. The molecule has 0 aromatic carbocycles. The van der Waals surface area contributed by atoms with E-state index in [1.54, 1.807) is 29.3 Å². The van der Waals surface area contributed by atoms with E-state index in [0.29, 0.717) is 45.0 Å². The summed E-state index contributed by atoms with van der Waals surface area (Å²) in [6.45, 7) is 3.19. The van der Waals surface area contributed by atoms with Gasteiger partial charge < -0.3 is 14.5 Å². The summed E-state index contributed by atoms with van der Waals surface area (Å²) in [6.07, 6.45) is 4.44. The summed E-state index contributed by atoms with van der Waals surface area (Å²) in [6, 6.07) is 5.23. The van der Waals surface area contributed by atoms with Crippen molar-refractivity contribution in [2.24, 2.45) is 5.92 Å². The summed E-state index contributed by atoms with van der Waals surface area (Å²) in [7, 11) is 0. The van der Waals surface area contributed by atoms with Crippen molar-refractivity contribution in [1.29, 1.82) is 0 Å². The summed E-state index contributed by atoms with van der Waals surface area (Å²) in [4.78, 5) is 46.0. The first-order valence-electron chi connectivity index (χ1n) is 9.27. The number of nitrogens with zero attached hydrogens (tertiary/aromatic N) is 4. The van der Waals surface area contributed by atoms with Crippen LogP contribution in [0.15, 0.2) is 35.4 Å². The second kappa shape index (κ2) is 7.48. The minimum absolute atomic E-state index is 0.0400.